The minimum atomic E-state index is -4.56. The number of benzene rings is 2. The summed E-state index contributed by atoms with van der Waals surface area (Å²) in [5, 5.41) is 14.7. The van der Waals surface area contributed by atoms with E-state index in [1.807, 2.05) is 0 Å². The van der Waals surface area contributed by atoms with Gasteiger partial charge in [0.1, 0.15) is 22.8 Å². The Morgan fingerprint density at radius 3 is 2.25 bits per heavy atom. The molecule has 1 aromatic heterocycles. The molecule has 0 unspecified atom stereocenters. The van der Waals surface area contributed by atoms with Crippen LogP contribution in [0.3, 0.4) is 0 Å². The maximum absolute atomic E-state index is 12.6. The van der Waals surface area contributed by atoms with E-state index in [2.05, 4.69) is 9.84 Å². The molecule has 3 rings (SSSR count). The summed E-state index contributed by atoms with van der Waals surface area (Å²) < 4.78 is 52.5. The number of ether oxygens (including phenoxy) is 3. The normalized spacial score (nSPS) is 11.2. The van der Waals surface area contributed by atoms with E-state index in [-0.39, 0.29) is 28.3 Å². The molecule has 0 bridgehead atoms. The lowest BCUT2D eigenvalue weighted by atomic mass is 10.0. The van der Waals surface area contributed by atoms with Gasteiger partial charge in [-0.05, 0) is 24.3 Å². The highest BCUT2D eigenvalue weighted by atomic mass is 19.4. The average molecular weight is 450 g/mol. The summed E-state index contributed by atoms with van der Waals surface area (Å²) in [7, 11) is 2.22. The molecule has 32 heavy (non-hydrogen) atoms. The summed E-state index contributed by atoms with van der Waals surface area (Å²) in [5.41, 5.74) is -0.306. The molecular weight excluding hydrogens is 433 g/mol. The number of aromatic nitrogens is 2. The Bertz CT molecular complexity index is 1140. The molecule has 0 saturated heterocycles. The zero-order valence-electron chi connectivity index (χ0n) is 16.8. The van der Waals surface area contributed by atoms with Crippen molar-refractivity contribution >= 4 is 11.9 Å². The molecule has 0 fully saturated rings. The number of alkyl halides is 3. The van der Waals surface area contributed by atoms with Gasteiger partial charge in [-0.2, -0.15) is 18.3 Å². The van der Waals surface area contributed by atoms with E-state index >= 15 is 0 Å². The first-order chi connectivity index (χ1) is 15.2. The summed E-state index contributed by atoms with van der Waals surface area (Å²) >= 11 is 0. The van der Waals surface area contributed by atoms with Crippen LogP contribution in [0.1, 0.15) is 20.8 Å². The lowest BCUT2D eigenvalue weighted by Crippen LogP contribution is -2.19. The molecule has 0 aliphatic carbocycles. The predicted molar refractivity (Wildman–Crippen MR) is 105 cm³/mol. The van der Waals surface area contributed by atoms with Crippen molar-refractivity contribution in [1.82, 2.24) is 9.78 Å². The third-order valence-electron chi connectivity index (χ3n) is 4.28. The molecule has 1 heterocycles. The number of para-hydroxylation sites is 1. The molecule has 8 nitrogen and oxygen atoms in total. The molecular formula is C21H17F3N2O6. The monoisotopic (exact) mass is 450 g/mol. The summed E-state index contributed by atoms with van der Waals surface area (Å²) in [6.45, 7) is -1.55. The number of methoxy groups -OCH3 is 2. The highest BCUT2D eigenvalue weighted by molar-refractivity contribution is 6.07. The van der Waals surface area contributed by atoms with Crippen molar-refractivity contribution in [2.45, 2.75) is 6.18 Å². The van der Waals surface area contributed by atoms with Crippen LogP contribution in [-0.4, -0.2) is 53.8 Å². The van der Waals surface area contributed by atoms with E-state index in [1.54, 1.807) is 30.3 Å². The summed E-state index contributed by atoms with van der Waals surface area (Å²) in [4.78, 5) is 25.1. The van der Waals surface area contributed by atoms with Crippen molar-refractivity contribution in [1.29, 1.82) is 0 Å². The molecule has 0 amide bonds. The predicted octanol–water partition coefficient (Wildman–Crippen LogP) is 3.76. The number of nitrogens with zero attached hydrogens (tertiary/aromatic N) is 2. The maximum Gasteiger partial charge on any atom is 0.422 e. The Hall–Kier alpha value is -4.02. The highest BCUT2D eigenvalue weighted by Gasteiger charge is 2.32. The summed E-state index contributed by atoms with van der Waals surface area (Å²) in [6.07, 6.45) is -4.56. The number of carbonyl (C=O) groups is 2. The van der Waals surface area contributed by atoms with E-state index in [4.69, 9.17) is 9.47 Å². The van der Waals surface area contributed by atoms with Crippen molar-refractivity contribution < 1.29 is 42.1 Å². The number of hydrogen-bond donors (Lipinski definition) is 1. The molecule has 1 N–H and O–H groups in total. The van der Waals surface area contributed by atoms with Gasteiger partial charge >= 0.3 is 18.1 Å². The summed E-state index contributed by atoms with van der Waals surface area (Å²) in [6, 6.07) is 11.7. The quantitative estimate of drug-likeness (QED) is 0.571. The van der Waals surface area contributed by atoms with E-state index in [0.717, 1.165) is 25.0 Å². The Morgan fingerprint density at radius 2 is 1.69 bits per heavy atom. The second-order valence-electron chi connectivity index (χ2n) is 6.39. The molecule has 0 aliphatic heterocycles. The van der Waals surface area contributed by atoms with Crippen LogP contribution in [0.25, 0.3) is 16.9 Å². The van der Waals surface area contributed by atoms with Crippen molar-refractivity contribution in [2.75, 3.05) is 20.8 Å². The van der Waals surface area contributed by atoms with Crippen molar-refractivity contribution in [2.24, 2.45) is 0 Å². The third-order valence-corrected chi connectivity index (χ3v) is 4.28. The molecule has 11 heteroatoms. The van der Waals surface area contributed by atoms with Gasteiger partial charge in [-0.3, -0.25) is 0 Å². The zero-order chi connectivity index (χ0) is 23.5. The molecule has 168 valence electrons. The smallest absolute Gasteiger partial charge is 0.422 e. The SMILES string of the molecule is COC(=O)c1c(-c2ccc(OCC(F)(F)F)cc2O)nn(-c2ccccc2)c1C(=O)OC. The van der Waals surface area contributed by atoms with Crippen LogP contribution >= 0.6 is 0 Å². The first-order valence-corrected chi connectivity index (χ1v) is 9.04. The number of esters is 2. The Balaban J connectivity index is 2.19. The van der Waals surface area contributed by atoms with Crippen LogP contribution in [0, 0.1) is 0 Å². The van der Waals surface area contributed by atoms with E-state index in [1.165, 1.54) is 12.1 Å². The highest BCUT2D eigenvalue weighted by Crippen LogP contribution is 2.36. The zero-order valence-corrected chi connectivity index (χ0v) is 16.8. The molecule has 0 radical (unpaired) electrons. The number of aromatic hydroxyl groups is 1. The fourth-order valence-corrected chi connectivity index (χ4v) is 2.91. The fourth-order valence-electron chi connectivity index (χ4n) is 2.91. The molecule has 2 aromatic carbocycles. The maximum atomic E-state index is 12.6. The standard InChI is InChI=1S/C21H17F3N2O6/c1-30-19(28)16-17(14-9-8-13(10-15(14)27)32-11-21(22,23)24)25-26(18(16)20(29)31-2)12-6-4-3-5-7-12/h3-10,27H,11H2,1-2H3. The second-order valence-corrected chi connectivity index (χ2v) is 6.39. The van der Waals surface area contributed by atoms with Gasteiger partial charge < -0.3 is 19.3 Å². The van der Waals surface area contributed by atoms with Crippen LogP contribution in [0.5, 0.6) is 11.5 Å². The van der Waals surface area contributed by atoms with Crippen LogP contribution in [0.2, 0.25) is 0 Å². The largest absolute Gasteiger partial charge is 0.507 e. The number of phenolic OH excluding ortho intramolecular Hbond substituents is 1. The van der Waals surface area contributed by atoms with Crippen molar-refractivity contribution in [3.8, 4) is 28.4 Å². The third kappa shape index (κ3) is 4.66. The Labute approximate surface area is 179 Å². The number of phenols is 1. The van der Waals surface area contributed by atoms with Crippen molar-refractivity contribution in [3.63, 3.8) is 0 Å². The van der Waals surface area contributed by atoms with Gasteiger partial charge in [0, 0.05) is 11.6 Å². The van der Waals surface area contributed by atoms with E-state index in [0.29, 0.717) is 5.69 Å². The molecule has 0 aliphatic rings. The van der Waals surface area contributed by atoms with Crippen LogP contribution in [0.4, 0.5) is 13.2 Å². The van der Waals surface area contributed by atoms with Crippen molar-refractivity contribution in [3.05, 3.63) is 59.8 Å². The van der Waals surface area contributed by atoms with Crippen LogP contribution in [-0.2, 0) is 9.47 Å². The molecule has 0 spiro atoms. The number of carbonyl (C=O) groups excluding carboxylic acids is 2. The minimum absolute atomic E-state index is 0.0374. The van der Waals surface area contributed by atoms with E-state index < -0.39 is 30.5 Å². The topological polar surface area (TPSA) is 99.9 Å². The Kier molecular flexibility index (Phi) is 6.37. The lowest BCUT2D eigenvalue weighted by molar-refractivity contribution is -0.153. The first-order valence-electron chi connectivity index (χ1n) is 9.04. The molecule has 3 aromatic rings. The number of rotatable bonds is 6. The van der Waals surface area contributed by atoms with E-state index in [9.17, 15) is 27.9 Å². The summed E-state index contributed by atoms with van der Waals surface area (Å²) in [5.74, 6) is -2.60. The second kappa shape index (κ2) is 9.00. The fraction of sp³-hybridized carbons (Fsp3) is 0.190. The number of hydrogen-bond acceptors (Lipinski definition) is 7. The number of halogens is 3. The minimum Gasteiger partial charge on any atom is -0.507 e. The van der Waals surface area contributed by atoms with Gasteiger partial charge in [0.2, 0.25) is 0 Å². The van der Waals surface area contributed by atoms with Gasteiger partial charge in [-0.1, -0.05) is 18.2 Å². The Morgan fingerprint density at radius 1 is 1.03 bits per heavy atom. The van der Waals surface area contributed by atoms with Gasteiger partial charge in [0.25, 0.3) is 0 Å². The van der Waals surface area contributed by atoms with Crippen LogP contribution in [0.15, 0.2) is 48.5 Å². The molecule has 0 saturated carbocycles. The van der Waals surface area contributed by atoms with Gasteiger partial charge in [-0.25, -0.2) is 14.3 Å². The molecule has 0 atom stereocenters. The van der Waals surface area contributed by atoms with Gasteiger partial charge in [-0.15, -0.1) is 0 Å². The average Bonchev–Trinajstić information content (AvgIpc) is 3.17. The lowest BCUT2D eigenvalue weighted by Gasteiger charge is -2.11. The van der Waals surface area contributed by atoms with Gasteiger partial charge in [0.15, 0.2) is 12.3 Å². The first kappa shape index (κ1) is 22.7. The van der Waals surface area contributed by atoms with Gasteiger partial charge in [0.05, 0.1) is 19.9 Å². The van der Waals surface area contributed by atoms with Crippen LogP contribution < -0.4 is 4.74 Å².